The third-order valence-electron chi connectivity index (χ3n) is 4.14. The molecule has 0 aliphatic rings. The van der Waals surface area contributed by atoms with Gasteiger partial charge in [0, 0.05) is 10.7 Å². The van der Waals surface area contributed by atoms with E-state index in [4.69, 9.17) is 17.3 Å². The van der Waals surface area contributed by atoms with Crippen LogP contribution in [-0.4, -0.2) is 16.8 Å². The van der Waals surface area contributed by atoms with Crippen LogP contribution in [0.4, 0.5) is 17.1 Å². The summed E-state index contributed by atoms with van der Waals surface area (Å²) < 4.78 is 55.1. The van der Waals surface area contributed by atoms with Crippen LogP contribution in [0, 0.1) is 6.92 Å². The first-order valence-corrected chi connectivity index (χ1v) is 11.7. The summed E-state index contributed by atoms with van der Waals surface area (Å²) in [6, 6.07) is 16.3. The van der Waals surface area contributed by atoms with Crippen LogP contribution in [0.1, 0.15) is 5.56 Å². The van der Waals surface area contributed by atoms with Crippen LogP contribution >= 0.6 is 11.6 Å². The molecule has 0 saturated heterocycles. The van der Waals surface area contributed by atoms with Gasteiger partial charge in [0.1, 0.15) is 4.90 Å². The van der Waals surface area contributed by atoms with Crippen molar-refractivity contribution in [1.82, 2.24) is 0 Å². The van der Waals surface area contributed by atoms with E-state index in [0.29, 0.717) is 16.3 Å². The van der Waals surface area contributed by atoms with Crippen LogP contribution in [0.25, 0.3) is 0 Å². The predicted molar refractivity (Wildman–Crippen MR) is 115 cm³/mol. The topological polar surface area (TPSA) is 118 Å². The average molecular weight is 452 g/mol. The molecule has 0 unspecified atom stereocenters. The van der Waals surface area contributed by atoms with Crippen LogP contribution in [0.5, 0.6) is 0 Å². The van der Waals surface area contributed by atoms with Crippen molar-refractivity contribution < 1.29 is 16.8 Å². The first-order chi connectivity index (χ1) is 13.6. The van der Waals surface area contributed by atoms with Gasteiger partial charge in [0.15, 0.2) is 0 Å². The highest BCUT2D eigenvalue weighted by molar-refractivity contribution is 7.93. The molecule has 0 aromatic heterocycles. The monoisotopic (exact) mass is 451 g/mol. The predicted octanol–water partition coefficient (Wildman–Crippen LogP) is 3.83. The molecule has 0 heterocycles. The number of hydrogen-bond donors (Lipinski definition) is 3. The van der Waals surface area contributed by atoms with E-state index in [1.165, 1.54) is 36.4 Å². The summed E-state index contributed by atoms with van der Waals surface area (Å²) in [5.74, 6) is 0. The molecule has 3 aromatic carbocycles. The molecule has 7 nitrogen and oxygen atoms in total. The Balaban J connectivity index is 1.83. The lowest BCUT2D eigenvalue weighted by Gasteiger charge is -2.13. The van der Waals surface area contributed by atoms with Crippen molar-refractivity contribution in [2.45, 2.75) is 16.7 Å². The van der Waals surface area contributed by atoms with Crippen molar-refractivity contribution in [3.8, 4) is 0 Å². The maximum atomic E-state index is 12.6. The Bertz CT molecular complexity index is 1260. The minimum absolute atomic E-state index is 0.0287. The summed E-state index contributed by atoms with van der Waals surface area (Å²) in [5, 5.41) is 0.440. The van der Waals surface area contributed by atoms with Gasteiger partial charge < -0.3 is 5.73 Å². The largest absolute Gasteiger partial charge is 0.398 e. The zero-order valence-electron chi connectivity index (χ0n) is 15.3. The Morgan fingerprint density at radius 3 is 2.10 bits per heavy atom. The summed E-state index contributed by atoms with van der Waals surface area (Å²) in [4.78, 5) is -0.0890. The van der Waals surface area contributed by atoms with Crippen molar-refractivity contribution in [2.24, 2.45) is 0 Å². The molecule has 29 heavy (non-hydrogen) atoms. The zero-order chi connectivity index (χ0) is 21.2. The number of anilines is 3. The smallest absolute Gasteiger partial charge is 0.263 e. The fraction of sp³-hybridized carbons (Fsp3) is 0.0526. The molecule has 0 atom stereocenters. The van der Waals surface area contributed by atoms with E-state index in [2.05, 4.69) is 9.44 Å². The normalized spacial score (nSPS) is 11.8. The van der Waals surface area contributed by atoms with Gasteiger partial charge in [-0.15, -0.1) is 0 Å². The molecule has 4 N–H and O–H groups in total. The molecule has 0 fully saturated rings. The van der Waals surface area contributed by atoms with Crippen molar-refractivity contribution in [3.05, 3.63) is 77.3 Å². The highest BCUT2D eigenvalue weighted by Gasteiger charge is 2.19. The van der Waals surface area contributed by atoms with Crippen LogP contribution in [0.15, 0.2) is 76.5 Å². The second-order valence-electron chi connectivity index (χ2n) is 6.19. The molecule has 3 rings (SSSR count). The summed E-state index contributed by atoms with van der Waals surface area (Å²) in [6.45, 7) is 1.70. The minimum atomic E-state index is -3.91. The summed E-state index contributed by atoms with van der Waals surface area (Å²) in [5.41, 5.74) is 7.00. The fourth-order valence-electron chi connectivity index (χ4n) is 2.56. The van der Waals surface area contributed by atoms with Gasteiger partial charge in [-0.3, -0.25) is 9.44 Å². The average Bonchev–Trinajstić information content (AvgIpc) is 2.66. The number of halogens is 1. The SMILES string of the molecule is Cc1c(Cl)cccc1NS(=O)(=O)c1ccc(NS(=O)(=O)c2ccccc2N)cc1. The number of hydrogen-bond acceptors (Lipinski definition) is 5. The number of sulfonamides is 2. The molecule has 0 bridgehead atoms. The Hall–Kier alpha value is -2.75. The van der Waals surface area contributed by atoms with Crippen LogP contribution in [0.3, 0.4) is 0 Å². The molecule has 0 aliphatic carbocycles. The van der Waals surface area contributed by atoms with Crippen molar-refractivity contribution in [3.63, 3.8) is 0 Å². The lowest BCUT2D eigenvalue weighted by Crippen LogP contribution is -2.16. The van der Waals surface area contributed by atoms with Crippen molar-refractivity contribution in [2.75, 3.05) is 15.2 Å². The number of nitrogen functional groups attached to an aromatic ring is 1. The molecule has 0 spiro atoms. The Morgan fingerprint density at radius 2 is 1.45 bits per heavy atom. The molecule has 3 aromatic rings. The van der Waals surface area contributed by atoms with E-state index in [1.54, 1.807) is 37.3 Å². The Morgan fingerprint density at radius 1 is 0.793 bits per heavy atom. The van der Waals surface area contributed by atoms with Gasteiger partial charge in [-0.1, -0.05) is 29.8 Å². The highest BCUT2D eigenvalue weighted by Crippen LogP contribution is 2.26. The van der Waals surface area contributed by atoms with Gasteiger partial charge in [-0.05, 0) is 61.0 Å². The lowest BCUT2D eigenvalue weighted by molar-refractivity contribution is 0.600. The molecule has 0 amide bonds. The maximum Gasteiger partial charge on any atom is 0.263 e. The minimum Gasteiger partial charge on any atom is -0.398 e. The van der Waals surface area contributed by atoms with Crippen molar-refractivity contribution >= 4 is 48.7 Å². The van der Waals surface area contributed by atoms with Gasteiger partial charge in [0.25, 0.3) is 20.0 Å². The number of para-hydroxylation sites is 1. The summed E-state index contributed by atoms with van der Waals surface area (Å²) >= 11 is 6.02. The van der Waals surface area contributed by atoms with Crippen LogP contribution in [-0.2, 0) is 20.0 Å². The van der Waals surface area contributed by atoms with E-state index in [9.17, 15) is 16.8 Å². The van der Waals surface area contributed by atoms with E-state index >= 15 is 0 Å². The molecular formula is C19H18ClN3O4S2. The van der Waals surface area contributed by atoms with Crippen LogP contribution < -0.4 is 15.2 Å². The molecule has 10 heteroatoms. The van der Waals surface area contributed by atoms with Gasteiger partial charge in [-0.25, -0.2) is 16.8 Å². The molecule has 0 radical (unpaired) electrons. The standard InChI is InChI=1S/C19H18ClN3O4S2/c1-13-16(20)5-4-7-18(13)23-28(24,25)15-11-9-14(10-12-15)22-29(26,27)19-8-3-2-6-17(19)21/h2-12,22-23H,21H2,1H3. The number of nitrogens with two attached hydrogens (primary N) is 1. The second-order valence-corrected chi connectivity index (χ2v) is 9.93. The van der Waals surface area contributed by atoms with Gasteiger partial charge in [-0.2, -0.15) is 0 Å². The molecular weight excluding hydrogens is 434 g/mol. The maximum absolute atomic E-state index is 12.6. The van der Waals surface area contributed by atoms with E-state index in [1.807, 2.05) is 0 Å². The number of nitrogens with one attached hydrogen (secondary N) is 2. The molecule has 0 saturated carbocycles. The number of benzene rings is 3. The molecule has 152 valence electrons. The summed E-state index contributed by atoms with van der Waals surface area (Å²) in [7, 11) is -7.78. The van der Waals surface area contributed by atoms with Gasteiger partial charge >= 0.3 is 0 Å². The first-order valence-electron chi connectivity index (χ1n) is 8.35. The number of rotatable bonds is 6. The zero-order valence-corrected chi connectivity index (χ0v) is 17.6. The first kappa shape index (κ1) is 21.0. The third-order valence-corrected chi connectivity index (χ3v) is 7.38. The molecule has 0 aliphatic heterocycles. The highest BCUT2D eigenvalue weighted by atomic mass is 35.5. The summed E-state index contributed by atoms with van der Waals surface area (Å²) in [6.07, 6.45) is 0. The van der Waals surface area contributed by atoms with Gasteiger partial charge in [0.05, 0.1) is 16.3 Å². The Labute approximate surface area is 174 Å². The fourth-order valence-corrected chi connectivity index (χ4v) is 5.05. The Kier molecular flexibility index (Phi) is 5.74. The van der Waals surface area contributed by atoms with E-state index in [-0.39, 0.29) is 21.2 Å². The lowest BCUT2D eigenvalue weighted by atomic mass is 10.2. The quantitative estimate of drug-likeness (QED) is 0.492. The van der Waals surface area contributed by atoms with E-state index < -0.39 is 20.0 Å². The second kappa shape index (κ2) is 7.94. The van der Waals surface area contributed by atoms with E-state index in [0.717, 1.165) is 0 Å². The van der Waals surface area contributed by atoms with Crippen LogP contribution in [0.2, 0.25) is 5.02 Å². The third kappa shape index (κ3) is 4.64. The van der Waals surface area contributed by atoms with Crippen molar-refractivity contribution in [1.29, 1.82) is 0 Å². The van der Waals surface area contributed by atoms with Gasteiger partial charge in [0.2, 0.25) is 0 Å².